The summed E-state index contributed by atoms with van der Waals surface area (Å²) >= 11 is 8.77. The highest BCUT2D eigenvalue weighted by atomic mass is 35.5. The number of amides is 1. The lowest BCUT2D eigenvalue weighted by Crippen LogP contribution is -2.26. The number of halogens is 1. The molecule has 3 rings (SSSR count). The Bertz CT molecular complexity index is 590. The molecule has 19 heavy (non-hydrogen) atoms. The molecule has 3 heterocycles. The summed E-state index contributed by atoms with van der Waals surface area (Å²) < 4.78 is 6.06. The van der Waals surface area contributed by atoms with Gasteiger partial charge in [-0.05, 0) is 25.0 Å². The van der Waals surface area contributed by atoms with Gasteiger partial charge in [0.25, 0.3) is 5.91 Å². The van der Waals surface area contributed by atoms with Gasteiger partial charge in [0.15, 0.2) is 5.13 Å². The molecular weight excluding hydrogens is 304 g/mol. The molecule has 1 aliphatic heterocycles. The van der Waals surface area contributed by atoms with Gasteiger partial charge in [-0.1, -0.05) is 11.6 Å². The zero-order valence-electron chi connectivity index (χ0n) is 9.89. The van der Waals surface area contributed by atoms with Gasteiger partial charge in [0, 0.05) is 12.0 Å². The Morgan fingerprint density at radius 1 is 1.53 bits per heavy atom. The predicted octanol–water partition coefficient (Wildman–Crippen LogP) is 3.64. The number of carbonyl (C=O) groups is 1. The van der Waals surface area contributed by atoms with Crippen molar-refractivity contribution in [2.45, 2.75) is 18.9 Å². The van der Waals surface area contributed by atoms with Crippen LogP contribution in [0.3, 0.4) is 0 Å². The molecule has 0 saturated carbocycles. The summed E-state index contributed by atoms with van der Waals surface area (Å²) in [5, 5.41) is 5.30. The summed E-state index contributed by atoms with van der Waals surface area (Å²) in [5.41, 5.74) is 0.838. The summed E-state index contributed by atoms with van der Waals surface area (Å²) in [4.78, 5) is 17.3. The lowest BCUT2D eigenvalue weighted by Gasteiger charge is -2.07. The third-order valence-electron chi connectivity index (χ3n) is 2.78. The van der Waals surface area contributed by atoms with Crippen LogP contribution in [0.25, 0.3) is 10.6 Å². The Balaban J connectivity index is 1.69. The van der Waals surface area contributed by atoms with Crippen molar-refractivity contribution in [3.05, 3.63) is 21.8 Å². The van der Waals surface area contributed by atoms with E-state index in [-0.39, 0.29) is 12.0 Å². The molecule has 1 fully saturated rings. The Kier molecular flexibility index (Phi) is 3.83. The molecule has 0 radical (unpaired) electrons. The van der Waals surface area contributed by atoms with Gasteiger partial charge in [-0.25, -0.2) is 4.98 Å². The van der Waals surface area contributed by atoms with E-state index in [1.807, 2.05) is 17.5 Å². The van der Waals surface area contributed by atoms with Crippen molar-refractivity contribution in [1.82, 2.24) is 4.98 Å². The van der Waals surface area contributed by atoms with Crippen LogP contribution in [0.4, 0.5) is 5.13 Å². The molecule has 7 heteroatoms. The van der Waals surface area contributed by atoms with Crippen LogP contribution >= 0.6 is 34.3 Å². The smallest absolute Gasteiger partial charge is 0.255 e. The zero-order valence-corrected chi connectivity index (χ0v) is 12.3. The van der Waals surface area contributed by atoms with Crippen molar-refractivity contribution in [3.63, 3.8) is 0 Å². The average molecular weight is 315 g/mol. The second-order valence-corrected chi connectivity index (χ2v) is 6.71. The molecule has 0 spiro atoms. The summed E-state index contributed by atoms with van der Waals surface area (Å²) in [6, 6.07) is 3.76. The van der Waals surface area contributed by atoms with Crippen molar-refractivity contribution >= 4 is 45.3 Å². The fourth-order valence-electron chi connectivity index (χ4n) is 1.87. The molecule has 100 valence electrons. The van der Waals surface area contributed by atoms with Crippen LogP contribution in [-0.2, 0) is 9.53 Å². The highest BCUT2D eigenvalue weighted by Crippen LogP contribution is 2.32. The van der Waals surface area contributed by atoms with Gasteiger partial charge >= 0.3 is 0 Å². The van der Waals surface area contributed by atoms with E-state index in [1.54, 1.807) is 0 Å². The van der Waals surface area contributed by atoms with E-state index in [9.17, 15) is 4.79 Å². The zero-order chi connectivity index (χ0) is 13.2. The molecule has 1 N–H and O–H groups in total. The molecule has 1 amide bonds. The predicted molar refractivity (Wildman–Crippen MR) is 78.0 cm³/mol. The number of ether oxygens (including phenoxy) is 1. The minimum atomic E-state index is -0.330. The average Bonchev–Trinajstić information content (AvgIpc) is 3.07. The number of hydrogen-bond acceptors (Lipinski definition) is 5. The molecule has 2 aromatic rings. The highest BCUT2D eigenvalue weighted by molar-refractivity contribution is 7.20. The second kappa shape index (κ2) is 5.58. The largest absolute Gasteiger partial charge is 0.368 e. The molecule has 4 nitrogen and oxygen atoms in total. The van der Waals surface area contributed by atoms with Gasteiger partial charge in [-0.15, -0.1) is 22.7 Å². The SMILES string of the molecule is O=C(Nc1nc(-c2ccc(Cl)s2)cs1)C1CCCO1. The molecule has 0 bridgehead atoms. The van der Waals surface area contributed by atoms with Gasteiger partial charge in [-0.3, -0.25) is 10.1 Å². The van der Waals surface area contributed by atoms with Crippen LogP contribution in [0.1, 0.15) is 12.8 Å². The van der Waals surface area contributed by atoms with Crippen LogP contribution in [-0.4, -0.2) is 23.6 Å². The van der Waals surface area contributed by atoms with Gasteiger partial charge in [-0.2, -0.15) is 0 Å². The van der Waals surface area contributed by atoms with Gasteiger partial charge in [0.1, 0.15) is 6.10 Å². The van der Waals surface area contributed by atoms with Gasteiger partial charge in [0.2, 0.25) is 0 Å². The Morgan fingerprint density at radius 3 is 3.11 bits per heavy atom. The normalized spacial score (nSPS) is 18.7. The van der Waals surface area contributed by atoms with Crippen LogP contribution in [0.15, 0.2) is 17.5 Å². The first-order valence-corrected chi connectivity index (χ1v) is 7.93. The molecule has 1 saturated heterocycles. The summed E-state index contributed by atoms with van der Waals surface area (Å²) in [5.74, 6) is -0.109. The number of anilines is 1. The Morgan fingerprint density at radius 2 is 2.42 bits per heavy atom. The molecule has 1 unspecified atom stereocenters. The number of aromatic nitrogens is 1. The first kappa shape index (κ1) is 13.1. The first-order chi connectivity index (χ1) is 9.22. The minimum absolute atomic E-state index is 0.109. The maximum absolute atomic E-state index is 11.9. The number of carbonyl (C=O) groups excluding carboxylic acids is 1. The van der Waals surface area contributed by atoms with Gasteiger partial charge < -0.3 is 4.74 Å². The fourth-order valence-corrected chi connectivity index (χ4v) is 3.66. The topological polar surface area (TPSA) is 51.2 Å². The molecule has 0 aromatic carbocycles. The van der Waals surface area contributed by atoms with E-state index in [4.69, 9.17) is 16.3 Å². The van der Waals surface area contributed by atoms with Crippen LogP contribution in [0.2, 0.25) is 4.34 Å². The summed E-state index contributed by atoms with van der Waals surface area (Å²) in [7, 11) is 0. The van der Waals surface area contributed by atoms with E-state index >= 15 is 0 Å². The number of hydrogen-bond donors (Lipinski definition) is 1. The van der Waals surface area contributed by atoms with E-state index in [0.717, 1.165) is 27.7 Å². The molecule has 1 aliphatic rings. The third kappa shape index (κ3) is 2.97. The maximum atomic E-state index is 11.9. The first-order valence-electron chi connectivity index (χ1n) is 5.86. The van der Waals surface area contributed by atoms with Crippen molar-refractivity contribution in [1.29, 1.82) is 0 Å². The fraction of sp³-hybridized carbons (Fsp3) is 0.333. The second-order valence-electron chi connectivity index (χ2n) is 4.13. The van der Waals surface area contributed by atoms with E-state index in [2.05, 4.69) is 10.3 Å². The Labute approximate surface area is 123 Å². The van der Waals surface area contributed by atoms with Gasteiger partial charge in [0.05, 0.1) is 14.9 Å². The number of nitrogens with zero attached hydrogens (tertiary/aromatic N) is 1. The number of nitrogens with one attached hydrogen (secondary N) is 1. The van der Waals surface area contributed by atoms with E-state index in [0.29, 0.717) is 11.7 Å². The summed E-state index contributed by atoms with van der Waals surface area (Å²) in [6.07, 6.45) is 1.39. The lowest BCUT2D eigenvalue weighted by atomic mass is 10.2. The Hall–Kier alpha value is -0.950. The van der Waals surface area contributed by atoms with Crippen molar-refractivity contribution in [3.8, 4) is 10.6 Å². The lowest BCUT2D eigenvalue weighted by molar-refractivity contribution is -0.124. The number of thiophene rings is 1. The van der Waals surface area contributed by atoms with Crippen LogP contribution < -0.4 is 5.32 Å². The van der Waals surface area contributed by atoms with Crippen molar-refractivity contribution < 1.29 is 9.53 Å². The van der Waals surface area contributed by atoms with Crippen molar-refractivity contribution in [2.75, 3.05) is 11.9 Å². The van der Waals surface area contributed by atoms with Crippen molar-refractivity contribution in [2.24, 2.45) is 0 Å². The third-order valence-corrected chi connectivity index (χ3v) is 4.79. The standard InChI is InChI=1S/C12H11ClN2O2S2/c13-10-4-3-9(19-10)7-6-18-12(14-7)15-11(16)8-2-1-5-17-8/h3-4,6,8H,1-2,5H2,(H,14,15,16). The minimum Gasteiger partial charge on any atom is -0.368 e. The molecule has 1 atom stereocenters. The highest BCUT2D eigenvalue weighted by Gasteiger charge is 2.24. The molecule has 2 aromatic heterocycles. The van der Waals surface area contributed by atoms with E-state index in [1.165, 1.54) is 22.7 Å². The maximum Gasteiger partial charge on any atom is 0.255 e. The molecular formula is C12H11ClN2O2S2. The van der Waals surface area contributed by atoms with Crippen LogP contribution in [0, 0.1) is 0 Å². The number of rotatable bonds is 3. The van der Waals surface area contributed by atoms with E-state index < -0.39 is 0 Å². The molecule has 0 aliphatic carbocycles. The quantitative estimate of drug-likeness (QED) is 0.941. The van der Waals surface area contributed by atoms with Crippen LogP contribution in [0.5, 0.6) is 0 Å². The monoisotopic (exact) mass is 314 g/mol. The summed E-state index contributed by atoms with van der Waals surface area (Å²) in [6.45, 7) is 0.662. The number of thiazole rings is 1.